The SMILES string of the molecule is C=C(CC/C=C\C=C\C[C@@H](C)CC(=O)C[C@H](O)CNC(=O)[C@@H](C)[C@H](C)OC(N)=O)C[C@H](C)C/C(C)=C/C(=O)O. The first kappa shape index (κ1) is 35.8. The van der Waals surface area contributed by atoms with Gasteiger partial charge in [0, 0.05) is 25.5 Å². The number of carboxylic acids is 1. The van der Waals surface area contributed by atoms with Crippen LogP contribution < -0.4 is 11.1 Å². The highest BCUT2D eigenvalue weighted by molar-refractivity contribution is 5.81. The van der Waals surface area contributed by atoms with E-state index >= 15 is 0 Å². The van der Waals surface area contributed by atoms with Gasteiger partial charge in [-0.2, -0.15) is 0 Å². The fourth-order valence-corrected chi connectivity index (χ4v) is 4.11. The lowest BCUT2D eigenvalue weighted by Crippen LogP contribution is -2.41. The average molecular weight is 549 g/mol. The Hall–Kier alpha value is -3.20. The van der Waals surface area contributed by atoms with Crippen molar-refractivity contribution in [1.82, 2.24) is 5.32 Å². The largest absolute Gasteiger partial charge is 0.478 e. The predicted octanol–water partition coefficient (Wildman–Crippen LogP) is 4.85. The van der Waals surface area contributed by atoms with E-state index in [9.17, 15) is 24.3 Å². The van der Waals surface area contributed by atoms with Crippen molar-refractivity contribution in [3.8, 4) is 0 Å². The second kappa shape index (κ2) is 19.8. The molecular formula is C30H48N2O7. The minimum absolute atomic E-state index is 0.0477. The molecule has 0 rings (SSSR count). The van der Waals surface area contributed by atoms with Gasteiger partial charge in [0.05, 0.1) is 12.0 Å². The number of hydrogen-bond acceptors (Lipinski definition) is 6. The zero-order valence-corrected chi connectivity index (χ0v) is 24.2. The van der Waals surface area contributed by atoms with Crippen molar-refractivity contribution in [3.63, 3.8) is 0 Å². The number of aliphatic hydroxyl groups is 1. The van der Waals surface area contributed by atoms with Crippen molar-refractivity contribution in [2.75, 3.05) is 6.54 Å². The Balaban J connectivity index is 4.18. The third-order valence-corrected chi connectivity index (χ3v) is 6.23. The number of ketones is 1. The van der Waals surface area contributed by atoms with Crippen LogP contribution in [0.2, 0.25) is 0 Å². The van der Waals surface area contributed by atoms with Gasteiger partial charge in [0.15, 0.2) is 0 Å². The number of nitrogens with two attached hydrogens (primary N) is 1. The Bertz CT molecular complexity index is 907. The average Bonchev–Trinajstić information content (AvgIpc) is 2.79. The van der Waals surface area contributed by atoms with Crippen LogP contribution in [0.4, 0.5) is 4.79 Å². The van der Waals surface area contributed by atoms with E-state index < -0.39 is 36.1 Å². The lowest BCUT2D eigenvalue weighted by atomic mass is 9.93. The predicted molar refractivity (Wildman–Crippen MR) is 153 cm³/mol. The van der Waals surface area contributed by atoms with Gasteiger partial charge in [-0.15, -0.1) is 0 Å². The lowest BCUT2D eigenvalue weighted by Gasteiger charge is -2.20. The summed E-state index contributed by atoms with van der Waals surface area (Å²) < 4.78 is 4.78. The van der Waals surface area contributed by atoms with Crippen molar-refractivity contribution in [3.05, 3.63) is 48.1 Å². The van der Waals surface area contributed by atoms with Crippen LogP contribution in [0.25, 0.3) is 0 Å². The maximum Gasteiger partial charge on any atom is 0.404 e. The number of primary amides is 1. The first-order valence-electron chi connectivity index (χ1n) is 13.5. The summed E-state index contributed by atoms with van der Waals surface area (Å²) in [7, 11) is 0. The van der Waals surface area contributed by atoms with Crippen LogP contribution in [0.5, 0.6) is 0 Å². The van der Waals surface area contributed by atoms with E-state index in [0.717, 1.165) is 43.3 Å². The molecule has 0 aromatic rings. The minimum atomic E-state index is -0.991. The van der Waals surface area contributed by atoms with Gasteiger partial charge in [-0.3, -0.25) is 9.59 Å². The molecule has 0 aromatic heterocycles. The minimum Gasteiger partial charge on any atom is -0.478 e. The van der Waals surface area contributed by atoms with E-state index in [1.165, 1.54) is 6.08 Å². The van der Waals surface area contributed by atoms with Crippen LogP contribution in [0.3, 0.4) is 0 Å². The number of carbonyl (C=O) groups excluding carboxylic acids is 3. The van der Waals surface area contributed by atoms with Gasteiger partial charge < -0.3 is 26.0 Å². The molecule has 0 saturated heterocycles. The van der Waals surface area contributed by atoms with Gasteiger partial charge in [0.2, 0.25) is 5.91 Å². The summed E-state index contributed by atoms with van der Waals surface area (Å²) in [6.45, 7) is 13.1. The van der Waals surface area contributed by atoms with Crippen molar-refractivity contribution < 1.29 is 34.1 Å². The molecule has 5 N–H and O–H groups in total. The van der Waals surface area contributed by atoms with Crippen LogP contribution in [-0.2, 0) is 19.1 Å². The molecule has 0 heterocycles. The van der Waals surface area contributed by atoms with E-state index in [2.05, 4.69) is 24.9 Å². The molecule has 0 aliphatic carbocycles. The first-order chi connectivity index (χ1) is 18.2. The van der Waals surface area contributed by atoms with E-state index in [1.54, 1.807) is 13.8 Å². The normalized spacial score (nSPS) is 15.9. The summed E-state index contributed by atoms with van der Waals surface area (Å²) in [4.78, 5) is 45.9. The summed E-state index contributed by atoms with van der Waals surface area (Å²) in [5, 5.41) is 21.5. The van der Waals surface area contributed by atoms with Crippen molar-refractivity contribution in [2.24, 2.45) is 23.5 Å². The highest BCUT2D eigenvalue weighted by atomic mass is 16.6. The van der Waals surface area contributed by atoms with Gasteiger partial charge in [-0.05, 0) is 57.8 Å². The van der Waals surface area contributed by atoms with E-state index in [0.29, 0.717) is 12.3 Å². The lowest BCUT2D eigenvalue weighted by molar-refractivity contribution is -0.131. The van der Waals surface area contributed by atoms with Gasteiger partial charge in [0.25, 0.3) is 0 Å². The van der Waals surface area contributed by atoms with E-state index in [1.807, 2.05) is 32.1 Å². The summed E-state index contributed by atoms with van der Waals surface area (Å²) >= 11 is 0. The van der Waals surface area contributed by atoms with Gasteiger partial charge in [-0.25, -0.2) is 9.59 Å². The molecule has 39 heavy (non-hydrogen) atoms. The van der Waals surface area contributed by atoms with Gasteiger partial charge in [-0.1, -0.05) is 62.8 Å². The first-order valence-corrected chi connectivity index (χ1v) is 13.5. The topological polar surface area (TPSA) is 156 Å². The Morgan fingerprint density at radius 3 is 2.23 bits per heavy atom. The highest BCUT2D eigenvalue weighted by Crippen LogP contribution is 2.21. The molecule has 220 valence electrons. The second-order valence-corrected chi connectivity index (χ2v) is 10.6. The molecule has 0 spiro atoms. The second-order valence-electron chi connectivity index (χ2n) is 10.6. The summed E-state index contributed by atoms with van der Waals surface area (Å²) in [5.74, 6) is -1.56. The molecule has 0 aliphatic heterocycles. The van der Waals surface area contributed by atoms with Crippen molar-refractivity contribution in [2.45, 2.75) is 91.8 Å². The van der Waals surface area contributed by atoms with Crippen LogP contribution in [0.1, 0.15) is 79.6 Å². The molecule has 9 nitrogen and oxygen atoms in total. The van der Waals surface area contributed by atoms with Crippen LogP contribution >= 0.6 is 0 Å². The molecule has 9 heteroatoms. The van der Waals surface area contributed by atoms with Crippen molar-refractivity contribution >= 4 is 23.8 Å². The number of rotatable bonds is 20. The zero-order valence-electron chi connectivity index (χ0n) is 24.2. The number of aliphatic hydroxyl groups excluding tert-OH is 1. The monoisotopic (exact) mass is 548 g/mol. The number of ether oxygens (including phenoxy) is 1. The number of carbonyl (C=O) groups is 4. The van der Waals surface area contributed by atoms with Crippen LogP contribution in [-0.4, -0.2) is 52.7 Å². The third-order valence-electron chi connectivity index (χ3n) is 6.23. The Morgan fingerprint density at radius 2 is 1.62 bits per heavy atom. The number of nitrogens with one attached hydrogen (secondary N) is 1. The number of Topliss-reactive ketones (excluding diaryl/α,β-unsaturated/α-hetero) is 1. The molecule has 0 bridgehead atoms. The Labute approximate surface area is 233 Å². The summed E-state index contributed by atoms with van der Waals surface area (Å²) in [5.41, 5.74) is 6.96. The fourth-order valence-electron chi connectivity index (χ4n) is 4.11. The highest BCUT2D eigenvalue weighted by Gasteiger charge is 2.23. The Kier molecular flexibility index (Phi) is 18.2. The maximum atomic E-state index is 12.3. The number of aliphatic carboxylic acids is 1. The van der Waals surface area contributed by atoms with Gasteiger partial charge >= 0.3 is 12.1 Å². The molecule has 5 atom stereocenters. The van der Waals surface area contributed by atoms with Crippen molar-refractivity contribution in [1.29, 1.82) is 0 Å². The molecule has 2 amide bonds. The zero-order chi connectivity index (χ0) is 30.0. The fraction of sp³-hybridized carbons (Fsp3) is 0.600. The number of amides is 2. The van der Waals surface area contributed by atoms with E-state index in [-0.39, 0.29) is 24.7 Å². The molecule has 0 fully saturated rings. The Morgan fingerprint density at radius 1 is 0.974 bits per heavy atom. The number of carboxylic acid groups (broad SMARTS) is 1. The standard InChI is InChI=1S/C30H48N2O7/c1-20(14-22(3)15-23(4)17-28(35)36)12-10-8-7-9-11-13-21(2)16-26(33)18-27(34)19-32-29(37)24(5)25(6)39-30(31)38/h7-9,11,17,21-22,24-25,27,34H,1,10,12-16,18-19H2,2-6H3,(H2,31,38)(H,32,37)(H,35,36)/b8-7-,11-9+,23-17+/t21-,22+,24+,25+,27+/m1/s1. The molecule has 0 unspecified atom stereocenters. The molecule has 0 radical (unpaired) electrons. The quantitative estimate of drug-likeness (QED) is 0.0962. The van der Waals surface area contributed by atoms with Gasteiger partial charge in [0.1, 0.15) is 11.9 Å². The summed E-state index contributed by atoms with van der Waals surface area (Å²) in [6, 6.07) is 0. The molecule has 0 aliphatic rings. The molecule has 0 aromatic carbocycles. The third kappa shape index (κ3) is 19.5. The molecule has 0 saturated carbocycles. The number of allylic oxidation sites excluding steroid dienone is 6. The van der Waals surface area contributed by atoms with Crippen LogP contribution in [0.15, 0.2) is 48.1 Å². The maximum absolute atomic E-state index is 12.3. The molecular weight excluding hydrogens is 500 g/mol. The smallest absolute Gasteiger partial charge is 0.404 e. The number of hydrogen-bond donors (Lipinski definition) is 4. The van der Waals surface area contributed by atoms with E-state index in [4.69, 9.17) is 15.6 Å². The van der Waals surface area contributed by atoms with Crippen LogP contribution in [0, 0.1) is 17.8 Å². The summed E-state index contributed by atoms with van der Waals surface area (Å²) in [6.07, 6.45) is 11.0.